The van der Waals surface area contributed by atoms with Gasteiger partial charge in [0.25, 0.3) is 11.8 Å². The Bertz CT molecular complexity index is 679. The van der Waals surface area contributed by atoms with E-state index in [1.54, 1.807) is 0 Å². The van der Waals surface area contributed by atoms with Crippen molar-refractivity contribution in [2.45, 2.75) is 32.9 Å². The predicted octanol–water partition coefficient (Wildman–Crippen LogP) is 1.43. The molecule has 124 valence electrons. The van der Waals surface area contributed by atoms with Gasteiger partial charge in [0.2, 0.25) is 5.82 Å². The van der Waals surface area contributed by atoms with Gasteiger partial charge in [-0.1, -0.05) is 33.2 Å². The van der Waals surface area contributed by atoms with Crippen LogP contribution < -0.4 is 10.2 Å². The Morgan fingerprint density at radius 3 is 2.78 bits per heavy atom. The van der Waals surface area contributed by atoms with Crippen molar-refractivity contribution >= 4 is 21.8 Å². The van der Waals surface area contributed by atoms with Crippen molar-refractivity contribution in [3.05, 3.63) is 34.6 Å². The lowest BCUT2D eigenvalue weighted by Gasteiger charge is -2.21. The lowest BCUT2D eigenvalue weighted by molar-refractivity contribution is -0.886. The number of carbonyl (C=O) groups is 1. The van der Waals surface area contributed by atoms with Crippen LogP contribution in [0.4, 0.5) is 0 Å². The Kier molecular flexibility index (Phi) is 5.54. The number of halogens is 1. The summed E-state index contributed by atoms with van der Waals surface area (Å²) in [5.41, 5.74) is 0.660. The summed E-state index contributed by atoms with van der Waals surface area (Å²) >= 11 is 3.42. The molecule has 2 N–H and O–H groups in total. The van der Waals surface area contributed by atoms with Gasteiger partial charge in [-0.15, -0.1) is 0 Å². The monoisotopic (exact) mass is 381 g/mol. The minimum Gasteiger partial charge on any atom is -0.347 e. The van der Waals surface area contributed by atoms with Gasteiger partial charge < -0.3 is 14.7 Å². The summed E-state index contributed by atoms with van der Waals surface area (Å²) in [7, 11) is 1.92. The lowest BCUT2D eigenvalue weighted by atomic mass is 10.1. The molecule has 6 nitrogen and oxygen atoms in total. The van der Waals surface area contributed by atoms with E-state index in [0.717, 1.165) is 14.9 Å². The topological polar surface area (TPSA) is 72.5 Å². The minimum absolute atomic E-state index is 0.00160. The van der Waals surface area contributed by atoms with E-state index in [0.29, 0.717) is 24.8 Å². The Morgan fingerprint density at radius 1 is 1.39 bits per heavy atom. The van der Waals surface area contributed by atoms with Gasteiger partial charge in [-0.2, -0.15) is 4.98 Å². The number of quaternary nitrogens is 1. The molecule has 0 saturated heterocycles. The predicted molar refractivity (Wildman–Crippen MR) is 90.8 cm³/mol. The smallest absolute Gasteiger partial charge is 0.282 e. The zero-order chi connectivity index (χ0) is 17.0. The number of likely N-dealkylation sites (N-methyl/N-ethyl adjacent to an activating group) is 1. The average molecular weight is 382 g/mol. The third kappa shape index (κ3) is 5.76. The van der Waals surface area contributed by atoms with Crippen molar-refractivity contribution in [1.29, 1.82) is 0 Å². The van der Waals surface area contributed by atoms with Gasteiger partial charge in [0.15, 0.2) is 13.1 Å². The average Bonchev–Trinajstić information content (AvgIpc) is 2.84. The fraction of sp³-hybridized carbons (Fsp3) is 0.438. The Hall–Kier alpha value is -1.73. The zero-order valence-corrected chi connectivity index (χ0v) is 15.4. The summed E-state index contributed by atoms with van der Waals surface area (Å²) in [5.74, 6) is 1.07. The van der Waals surface area contributed by atoms with Crippen molar-refractivity contribution < 1.29 is 14.2 Å². The molecule has 0 fully saturated rings. The lowest BCUT2D eigenvalue weighted by Crippen LogP contribution is -3.09. The van der Waals surface area contributed by atoms with E-state index in [1.807, 2.05) is 52.1 Å². The molecule has 2 rings (SSSR count). The molecule has 23 heavy (non-hydrogen) atoms. The second-order valence-corrected chi connectivity index (χ2v) is 7.55. The molecule has 0 aliphatic rings. The van der Waals surface area contributed by atoms with Crippen molar-refractivity contribution in [3.63, 3.8) is 0 Å². The van der Waals surface area contributed by atoms with Crippen LogP contribution in [0.15, 0.2) is 33.3 Å². The first-order valence-corrected chi connectivity index (χ1v) is 8.23. The number of nitrogens with zero attached hydrogens (tertiary/aromatic N) is 2. The molecule has 0 spiro atoms. The third-order valence-corrected chi connectivity index (χ3v) is 3.47. The maximum Gasteiger partial charge on any atom is 0.282 e. The first-order chi connectivity index (χ1) is 10.7. The summed E-state index contributed by atoms with van der Waals surface area (Å²) in [4.78, 5) is 17.3. The highest BCUT2D eigenvalue weighted by molar-refractivity contribution is 9.10. The molecule has 1 unspecified atom stereocenters. The van der Waals surface area contributed by atoms with E-state index >= 15 is 0 Å². The third-order valence-electron chi connectivity index (χ3n) is 2.98. The van der Waals surface area contributed by atoms with Gasteiger partial charge >= 0.3 is 0 Å². The van der Waals surface area contributed by atoms with Crippen molar-refractivity contribution in [1.82, 2.24) is 15.5 Å². The van der Waals surface area contributed by atoms with Crippen LogP contribution in [0.3, 0.4) is 0 Å². The molecular formula is C16H22BrN4O2+. The van der Waals surface area contributed by atoms with Crippen LogP contribution in [0.5, 0.6) is 0 Å². The number of aromatic nitrogens is 2. The fourth-order valence-corrected chi connectivity index (χ4v) is 2.53. The maximum atomic E-state index is 11.9. The van der Waals surface area contributed by atoms with E-state index in [4.69, 9.17) is 4.52 Å². The molecule has 1 atom stereocenters. The molecule has 0 bridgehead atoms. The number of amides is 1. The molecule has 0 aliphatic carbocycles. The number of carbonyl (C=O) groups excluding carboxylic acids is 1. The SMILES string of the molecule is C[NH+](CC(=O)NC(C)(C)C)Cc1nc(-c2cccc(Br)c2)no1. The van der Waals surface area contributed by atoms with E-state index in [2.05, 4.69) is 31.4 Å². The van der Waals surface area contributed by atoms with Gasteiger partial charge in [-0.25, -0.2) is 0 Å². The Labute approximate surface area is 144 Å². The highest BCUT2D eigenvalue weighted by Gasteiger charge is 2.19. The molecule has 1 aromatic heterocycles. The number of rotatable bonds is 5. The molecule has 1 amide bonds. The van der Waals surface area contributed by atoms with Crippen LogP contribution in [-0.2, 0) is 11.3 Å². The number of hydrogen-bond acceptors (Lipinski definition) is 4. The standard InChI is InChI=1S/C16H21BrN4O2/c1-16(2,3)19-13(22)9-21(4)10-14-18-15(20-23-14)11-6-5-7-12(17)8-11/h5-8H,9-10H2,1-4H3,(H,19,22)/p+1. The summed E-state index contributed by atoms with van der Waals surface area (Å²) in [6.45, 7) is 6.73. The van der Waals surface area contributed by atoms with Crippen molar-refractivity contribution in [2.75, 3.05) is 13.6 Å². The van der Waals surface area contributed by atoms with E-state index in [1.165, 1.54) is 0 Å². The van der Waals surface area contributed by atoms with Gasteiger partial charge in [0.1, 0.15) is 0 Å². The van der Waals surface area contributed by atoms with Crippen molar-refractivity contribution in [2.24, 2.45) is 0 Å². The number of benzene rings is 1. The first kappa shape index (κ1) is 17.6. The molecule has 2 aromatic rings. The fourth-order valence-electron chi connectivity index (χ4n) is 2.13. The van der Waals surface area contributed by atoms with Crippen LogP contribution >= 0.6 is 15.9 Å². The van der Waals surface area contributed by atoms with Gasteiger partial charge in [0.05, 0.1) is 7.05 Å². The summed E-state index contributed by atoms with van der Waals surface area (Å²) in [6.07, 6.45) is 0. The zero-order valence-electron chi connectivity index (χ0n) is 13.8. The van der Waals surface area contributed by atoms with Crippen LogP contribution in [0.25, 0.3) is 11.4 Å². The van der Waals surface area contributed by atoms with Gasteiger partial charge in [-0.3, -0.25) is 4.79 Å². The highest BCUT2D eigenvalue weighted by atomic mass is 79.9. The van der Waals surface area contributed by atoms with Gasteiger partial charge in [0, 0.05) is 15.6 Å². The highest BCUT2D eigenvalue weighted by Crippen LogP contribution is 2.20. The van der Waals surface area contributed by atoms with Crippen LogP contribution in [0.2, 0.25) is 0 Å². The molecule has 7 heteroatoms. The Morgan fingerprint density at radius 2 is 2.13 bits per heavy atom. The molecule has 0 aliphatic heterocycles. The maximum absolute atomic E-state index is 11.9. The molecule has 1 aromatic carbocycles. The molecule has 0 saturated carbocycles. The minimum atomic E-state index is -0.226. The van der Waals surface area contributed by atoms with Gasteiger partial charge in [-0.05, 0) is 32.9 Å². The molecular weight excluding hydrogens is 360 g/mol. The van der Waals surface area contributed by atoms with Crippen LogP contribution in [0.1, 0.15) is 26.7 Å². The van der Waals surface area contributed by atoms with E-state index in [9.17, 15) is 4.79 Å². The number of hydrogen-bond donors (Lipinski definition) is 2. The van der Waals surface area contributed by atoms with Crippen LogP contribution in [-0.4, -0.2) is 35.2 Å². The molecule has 1 heterocycles. The Balaban J connectivity index is 1.95. The molecule has 0 radical (unpaired) electrons. The van der Waals surface area contributed by atoms with Crippen LogP contribution in [0, 0.1) is 0 Å². The second kappa shape index (κ2) is 7.23. The summed E-state index contributed by atoms with van der Waals surface area (Å²) in [5, 5.41) is 6.94. The quantitative estimate of drug-likeness (QED) is 0.821. The first-order valence-electron chi connectivity index (χ1n) is 7.44. The van der Waals surface area contributed by atoms with Crippen molar-refractivity contribution in [3.8, 4) is 11.4 Å². The normalized spacial score (nSPS) is 12.9. The second-order valence-electron chi connectivity index (χ2n) is 6.63. The number of nitrogens with one attached hydrogen (secondary N) is 2. The van der Waals surface area contributed by atoms with E-state index < -0.39 is 0 Å². The largest absolute Gasteiger partial charge is 0.347 e. The summed E-state index contributed by atoms with van der Waals surface area (Å²) in [6, 6.07) is 7.72. The summed E-state index contributed by atoms with van der Waals surface area (Å²) < 4.78 is 6.24. The van der Waals surface area contributed by atoms with E-state index in [-0.39, 0.29) is 11.4 Å².